The average molecular weight is 1110 g/mol. The molecule has 412 valence electrons. The van der Waals surface area contributed by atoms with E-state index in [2.05, 4.69) is 90.0 Å². The van der Waals surface area contributed by atoms with E-state index in [1.54, 1.807) is 0 Å². The van der Waals surface area contributed by atoms with Crippen molar-refractivity contribution in [3.63, 3.8) is 0 Å². The minimum absolute atomic E-state index is 0.0316. The molecule has 0 radical (unpaired) electrons. The van der Waals surface area contributed by atoms with Crippen molar-refractivity contribution < 1.29 is 80.5 Å². The van der Waals surface area contributed by atoms with Crippen LogP contribution < -0.4 is 16.4 Å². The molecule has 1 fully saturated rings. The zero-order valence-electron chi connectivity index (χ0n) is 41.6. The first-order chi connectivity index (χ1) is 34.6. The number of amides is 2. The SMILES string of the molecule is CCCCC/C=C\C/C=C\C/C=C\C/C=C\CCCCCCCC(=O)SCCNC(=O)CCNC(=O)C(O)C(C)(C)COP(=O)(O)OP(=O)(O)OC[C@H]1O[C@@H](n2cnc3c(N)ncnc32)[C@H](O)[C@@H]1OP(=O)(O)O. The van der Waals surface area contributed by atoms with Gasteiger partial charge in [-0.3, -0.25) is 32.5 Å². The number of phosphoric acid groups is 3. The molecule has 2 aromatic rings. The molecule has 2 amide bonds. The Balaban J connectivity index is 1.25. The number of thioether (sulfide) groups is 1. The number of anilines is 1. The van der Waals surface area contributed by atoms with Crippen LogP contribution >= 0.6 is 35.2 Å². The lowest BCUT2D eigenvalue weighted by Gasteiger charge is -2.30. The summed E-state index contributed by atoms with van der Waals surface area (Å²) in [6, 6.07) is 0. The van der Waals surface area contributed by atoms with Gasteiger partial charge in [-0.1, -0.05) is 113 Å². The summed E-state index contributed by atoms with van der Waals surface area (Å²) in [7, 11) is -16.4. The first-order valence-electron chi connectivity index (χ1n) is 24.2. The number of imidazole rings is 1. The number of nitrogens with one attached hydrogen (secondary N) is 2. The molecule has 0 aliphatic carbocycles. The fourth-order valence-corrected chi connectivity index (χ4v) is 10.5. The molecule has 2 aromatic heterocycles. The predicted octanol–water partition coefficient (Wildman–Crippen LogP) is 6.37. The fraction of sp³-hybridized carbons (Fsp3) is 0.644. The Hall–Kier alpha value is -3.48. The maximum absolute atomic E-state index is 12.8. The van der Waals surface area contributed by atoms with Crippen molar-refractivity contribution in [3.8, 4) is 0 Å². The van der Waals surface area contributed by atoms with E-state index < -0.39 is 84.6 Å². The normalized spacial score (nSPS) is 19.8. The minimum atomic E-state index is -5.58. The molecule has 28 heteroatoms. The number of nitrogens with zero attached hydrogens (tertiary/aromatic N) is 4. The smallest absolute Gasteiger partial charge is 0.386 e. The van der Waals surface area contributed by atoms with E-state index in [-0.39, 0.29) is 41.6 Å². The van der Waals surface area contributed by atoms with Gasteiger partial charge in [0.25, 0.3) is 0 Å². The summed E-state index contributed by atoms with van der Waals surface area (Å²) < 4.78 is 62.5. The first-order valence-corrected chi connectivity index (χ1v) is 29.7. The summed E-state index contributed by atoms with van der Waals surface area (Å²) in [6.45, 7) is 2.76. The van der Waals surface area contributed by atoms with Gasteiger partial charge in [0.15, 0.2) is 22.8 Å². The topological polar surface area (TPSA) is 364 Å². The molecule has 3 rings (SSSR count). The number of aliphatic hydroxyl groups excluding tert-OH is 2. The molecule has 0 aromatic carbocycles. The van der Waals surface area contributed by atoms with Crippen LogP contribution in [0.1, 0.15) is 123 Å². The van der Waals surface area contributed by atoms with Crippen LogP contribution in [0.15, 0.2) is 61.3 Å². The van der Waals surface area contributed by atoms with E-state index in [4.69, 9.17) is 19.5 Å². The largest absolute Gasteiger partial charge is 0.481 e. The van der Waals surface area contributed by atoms with Gasteiger partial charge in [-0.25, -0.2) is 28.6 Å². The molecule has 1 aliphatic rings. The number of carbonyl (C=O) groups excluding carboxylic acids is 3. The molecule has 1 aliphatic heterocycles. The number of phosphoric ester groups is 3. The van der Waals surface area contributed by atoms with Crippen LogP contribution in [0.5, 0.6) is 0 Å². The molecule has 73 heavy (non-hydrogen) atoms. The zero-order valence-corrected chi connectivity index (χ0v) is 45.1. The van der Waals surface area contributed by atoms with Crippen LogP contribution in [-0.2, 0) is 50.7 Å². The highest BCUT2D eigenvalue weighted by molar-refractivity contribution is 8.13. The van der Waals surface area contributed by atoms with E-state index in [9.17, 15) is 57.9 Å². The zero-order chi connectivity index (χ0) is 53.9. The second-order valence-electron chi connectivity index (χ2n) is 17.7. The van der Waals surface area contributed by atoms with Crippen LogP contribution in [0.4, 0.5) is 5.82 Å². The van der Waals surface area contributed by atoms with Crippen molar-refractivity contribution in [2.75, 3.05) is 37.8 Å². The van der Waals surface area contributed by atoms with Crippen molar-refractivity contribution in [1.82, 2.24) is 30.2 Å². The highest BCUT2D eigenvalue weighted by Crippen LogP contribution is 2.61. The molecule has 0 bridgehead atoms. The second-order valence-corrected chi connectivity index (χ2v) is 23.1. The minimum Gasteiger partial charge on any atom is -0.386 e. The van der Waals surface area contributed by atoms with Gasteiger partial charge in [0.2, 0.25) is 11.8 Å². The quantitative estimate of drug-likeness (QED) is 0.0201. The van der Waals surface area contributed by atoms with Gasteiger partial charge in [0.05, 0.1) is 19.5 Å². The lowest BCUT2D eigenvalue weighted by atomic mass is 9.87. The number of aromatic nitrogens is 4. The number of hydrogen-bond acceptors (Lipinski definition) is 18. The summed E-state index contributed by atoms with van der Waals surface area (Å²) in [6.07, 6.45) is 25.2. The number of ether oxygens (including phenoxy) is 1. The highest BCUT2D eigenvalue weighted by atomic mass is 32.2. The number of allylic oxidation sites excluding steroid dienone is 8. The molecule has 0 spiro atoms. The van der Waals surface area contributed by atoms with Gasteiger partial charge in [-0.15, -0.1) is 0 Å². The number of nitrogen functional groups attached to an aromatic ring is 1. The first kappa shape index (κ1) is 63.8. The van der Waals surface area contributed by atoms with Crippen LogP contribution in [0.3, 0.4) is 0 Å². The van der Waals surface area contributed by atoms with E-state index in [1.807, 2.05) is 0 Å². The molecule has 3 unspecified atom stereocenters. The van der Waals surface area contributed by atoms with Crippen molar-refractivity contribution in [2.45, 2.75) is 148 Å². The van der Waals surface area contributed by atoms with Gasteiger partial charge < -0.3 is 50.9 Å². The highest BCUT2D eigenvalue weighted by Gasteiger charge is 2.50. The molecule has 0 saturated carbocycles. The number of hydrogen-bond donors (Lipinski definition) is 9. The maximum atomic E-state index is 12.8. The Bertz CT molecular complexity index is 2300. The Morgan fingerprint density at radius 2 is 1.44 bits per heavy atom. The van der Waals surface area contributed by atoms with Crippen LogP contribution in [0, 0.1) is 5.41 Å². The van der Waals surface area contributed by atoms with Gasteiger partial charge in [0, 0.05) is 37.1 Å². The Morgan fingerprint density at radius 1 is 0.836 bits per heavy atom. The van der Waals surface area contributed by atoms with Gasteiger partial charge in [0.1, 0.15) is 36.3 Å². The van der Waals surface area contributed by atoms with E-state index in [1.165, 1.54) is 39.5 Å². The summed E-state index contributed by atoms with van der Waals surface area (Å²) in [5.74, 6) is -1.05. The van der Waals surface area contributed by atoms with Crippen LogP contribution in [0.2, 0.25) is 0 Å². The molecular weight excluding hydrogens is 1040 g/mol. The van der Waals surface area contributed by atoms with Gasteiger partial charge in [-0.2, -0.15) is 4.31 Å². The van der Waals surface area contributed by atoms with Crippen LogP contribution in [0.25, 0.3) is 11.2 Å². The number of fused-ring (bicyclic) bond motifs is 1. The third-order valence-corrected chi connectivity index (χ3v) is 15.0. The maximum Gasteiger partial charge on any atom is 0.481 e. The lowest BCUT2D eigenvalue weighted by molar-refractivity contribution is -0.137. The summed E-state index contributed by atoms with van der Waals surface area (Å²) in [5, 5.41) is 26.7. The second kappa shape index (κ2) is 32.8. The fourth-order valence-electron chi connectivity index (χ4n) is 6.99. The molecule has 10 N–H and O–H groups in total. The summed E-state index contributed by atoms with van der Waals surface area (Å²) in [4.78, 5) is 88.5. The number of carbonyl (C=O) groups is 3. The third kappa shape index (κ3) is 25.3. The third-order valence-electron chi connectivity index (χ3n) is 11.0. The average Bonchev–Trinajstić information content (AvgIpc) is 3.88. The standard InChI is InChI=1S/C45H74N7O17P3S/c1-4-5-6-7-8-9-10-11-12-13-14-15-16-17-18-19-20-21-22-23-24-25-36(54)73-29-28-47-35(53)26-27-48-43(57)40(56)45(2,3)31-66-72(63,64)69-71(61,62)65-30-34-39(68-70(58,59)60)38(55)44(67-34)52-33-51-37-41(46)49-32-50-42(37)52/h8-9,11-12,14-15,17-18,32-34,38-40,44,55-56H,4-7,10,13,16,19-31H2,1-3H3,(H,47,53)(H,48,57)(H,61,62)(H,63,64)(H2,46,49,50)(H2,58,59,60)/b9-8-,12-11-,15-14-,18-17-/t34-,38-,39-,40?,44-/m1/s1. The van der Waals surface area contributed by atoms with Gasteiger partial charge in [-0.05, 0) is 51.4 Å². The van der Waals surface area contributed by atoms with Crippen LogP contribution in [-0.4, -0.2) is 123 Å². The molecule has 3 heterocycles. The summed E-state index contributed by atoms with van der Waals surface area (Å²) in [5.41, 5.74) is 4.28. The number of rotatable bonds is 37. The van der Waals surface area contributed by atoms with E-state index >= 15 is 0 Å². The number of aliphatic hydroxyl groups is 2. The van der Waals surface area contributed by atoms with Crippen molar-refractivity contribution in [1.29, 1.82) is 0 Å². The molecule has 24 nitrogen and oxygen atoms in total. The molecule has 7 atom stereocenters. The van der Waals surface area contributed by atoms with Crippen molar-refractivity contribution >= 4 is 69.1 Å². The van der Waals surface area contributed by atoms with Crippen molar-refractivity contribution in [2.24, 2.45) is 5.41 Å². The number of unbranched alkanes of at least 4 members (excludes halogenated alkanes) is 8. The molecule has 1 saturated heterocycles. The number of nitrogens with two attached hydrogens (primary N) is 1. The predicted molar refractivity (Wildman–Crippen MR) is 274 cm³/mol. The monoisotopic (exact) mass is 1110 g/mol. The summed E-state index contributed by atoms with van der Waals surface area (Å²) >= 11 is 1.14. The Labute approximate surface area is 430 Å². The van der Waals surface area contributed by atoms with Crippen molar-refractivity contribution in [3.05, 3.63) is 61.3 Å². The van der Waals surface area contributed by atoms with E-state index in [0.717, 1.165) is 86.8 Å². The lowest BCUT2D eigenvalue weighted by Crippen LogP contribution is -2.46. The Morgan fingerprint density at radius 3 is 2.08 bits per heavy atom. The van der Waals surface area contributed by atoms with E-state index in [0.29, 0.717) is 12.2 Å². The Kier molecular flexibility index (Phi) is 28.7. The van der Waals surface area contributed by atoms with Gasteiger partial charge >= 0.3 is 23.5 Å². The molecular formula is C45H74N7O17P3S.